The van der Waals surface area contributed by atoms with Crippen LogP contribution in [0.3, 0.4) is 0 Å². The van der Waals surface area contributed by atoms with Gasteiger partial charge in [-0.3, -0.25) is 4.79 Å². The summed E-state index contributed by atoms with van der Waals surface area (Å²) in [6.45, 7) is 2.47. The summed E-state index contributed by atoms with van der Waals surface area (Å²) in [5.74, 6) is 1.52. The van der Waals surface area contributed by atoms with Crippen LogP contribution in [0.2, 0.25) is 0 Å². The van der Waals surface area contributed by atoms with Gasteiger partial charge in [-0.25, -0.2) is 0 Å². The van der Waals surface area contributed by atoms with Gasteiger partial charge in [0, 0.05) is 37.5 Å². The Morgan fingerprint density at radius 2 is 1.54 bits per heavy atom. The first-order chi connectivity index (χ1) is 17.8. The summed E-state index contributed by atoms with van der Waals surface area (Å²) in [6.07, 6.45) is 0. The molecule has 0 unspecified atom stereocenters. The number of nitrogens with one attached hydrogen (secondary N) is 1. The maximum Gasteiger partial charge on any atom is 0.281 e. The van der Waals surface area contributed by atoms with Gasteiger partial charge in [-0.2, -0.15) is 9.67 Å². The zero-order chi connectivity index (χ0) is 26.5. The number of rotatable bonds is 9. The summed E-state index contributed by atoms with van der Waals surface area (Å²) < 4.78 is 17.5. The number of benzene rings is 3. The fourth-order valence-electron chi connectivity index (χ4n) is 3.81. The molecule has 192 valence electrons. The molecular formula is C28H31N5O4. The Bertz CT molecular complexity index is 1350. The number of carbonyl (C=O) groups is 1. The van der Waals surface area contributed by atoms with E-state index in [1.165, 1.54) is 26.0 Å². The van der Waals surface area contributed by atoms with Crippen LogP contribution < -0.4 is 24.4 Å². The van der Waals surface area contributed by atoms with Crippen molar-refractivity contribution in [2.24, 2.45) is 0 Å². The highest BCUT2D eigenvalue weighted by Crippen LogP contribution is 2.38. The molecule has 0 spiro atoms. The number of carbonyl (C=O) groups excluding carboxylic acids is 1. The third-order valence-electron chi connectivity index (χ3n) is 5.92. The largest absolute Gasteiger partial charge is 0.493 e. The fourth-order valence-corrected chi connectivity index (χ4v) is 3.81. The molecule has 37 heavy (non-hydrogen) atoms. The number of aryl methyl sites for hydroxylation is 1. The molecule has 4 aromatic rings. The summed E-state index contributed by atoms with van der Waals surface area (Å²) in [5, 5.41) is 7.84. The van der Waals surface area contributed by atoms with E-state index in [9.17, 15) is 4.79 Å². The molecule has 0 aliphatic carbocycles. The lowest BCUT2D eigenvalue weighted by Gasteiger charge is -2.14. The lowest BCUT2D eigenvalue weighted by Crippen LogP contribution is -2.18. The molecule has 0 saturated heterocycles. The molecule has 0 aliphatic heterocycles. The van der Waals surface area contributed by atoms with Crippen LogP contribution in [0.5, 0.6) is 17.2 Å². The maximum absolute atomic E-state index is 13.7. The van der Waals surface area contributed by atoms with Gasteiger partial charge in [0.2, 0.25) is 11.7 Å². The van der Waals surface area contributed by atoms with Crippen molar-refractivity contribution in [2.75, 3.05) is 45.6 Å². The number of aromatic nitrogens is 3. The van der Waals surface area contributed by atoms with Gasteiger partial charge in [-0.05, 0) is 36.8 Å². The molecule has 0 amide bonds. The second kappa shape index (κ2) is 11.0. The van der Waals surface area contributed by atoms with Crippen molar-refractivity contribution in [3.05, 3.63) is 77.4 Å². The zero-order valence-electron chi connectivity index (χ0n) is 21.9. The summed E-state index contributed by atoms with van der Waals surface area (Å²) in [4.78, 5) is 20.4. The van der Waals surface area contributed by atoms with Crippen LogP contribution in [0, 0.1) is 6.92 Å². The van der Waals surface area contributed by atoms with Crippen molar-refractivity contribution in [3.63, 3.8) is 0 Å². The first-order valence-corrected chi connectivity index (χ1v) is 11.7. The lowest BCUT2D eigenvalue weighted by atomic mass is 10.1. The number of hydrogen-bond acceptors (Lipinski definition) is 8. The Morgan fingerprint density at radius 1 is 0.919 bits per heavy atom. The highest BCUT2D eigenvalue weighted by atomic mass is 16.5. The van der Waals surface area contributed by atoms with Gasteiger partial charge >= 0.3 is 0 Å². The van der Waals surface area contributed by atoms with E-state index in [0.717, 1.165) is 22.4 Å². The van der Waals surface area contributed by atoms with Crippen LogP contribution in [0.1, 0.15) is 21.5 Å². The molecule has 0 radical (unpaired) electrons. The average molecular weight is 502 g/mol. The Morgan fingerprint density at radius 3 is 2.08 bits per heavy atom. The quantitative estimate of drug-likeness (QED) is 0.355. The lowest BCUT2D eigenvalue weighted by molar-refractivity contribution is 0.0946. The van der Waals surface area contributed by atoms with Crippen molar-refractivity contribution >= 4 is 17.5 Å². The number of ether oxygens (including phenoxy) is 3. The molecule has 1 heterocycles. The molecule has 1 N–H and O–H groups in total. The second-order valence-electron chi connectivity index (χ2n) is 8.67. The minimum atomic E-state index is -0.393. The van der Waals surface area contributed by atoms with Gasteiger partial charge in [0.15, 0.2) is 17.3 Å². The minimum Gasteiger partial charge on any atom is -0.493 e. The maximum atomic E-state index is 13.7. The van der Waals surface area contributed by atoms with Crippen LogP contribution >= 0.6 is 0 Å². The van der Waals surface area contributed by atoms with Gasteiger partial charge in [0.25, 0.3) is 5.91 Å². The number of methoxy groups -OCH3 is 3. The standard InChI is InChI=1S/C28H31N5O4/c1-18-7-11-20(12-8-18)26-30-28(29-17-19-9-13-22(14-10-19)32(2)3)33(31-26)27(34)21-15-23(35-4)25(37-6)24(16-21)36-5/h7-16H,17H2,1-6H3,(H,29,30,31). The van der Waals surface area contributed by atoms with E-state index >= 15 is 0 Å². The van der Waals surface area contributed by atoms with Crippen LogP contribution in [0.4, 0.5) is 11.6 Å². The Kier molecular flexibility index (Phi) is 7.62. The van der Waals surface area contributed by atoms with Crippen molar-refractivity contribution in [1.29, 1.82) is 0 Å². The smallest absolute Gasteiger partial charge is 0.281 e. The summed E-state index contributed by atoms with van der Waals surface area (Å²) in [7, 11) is 8.52. The summed E-state index contributed by atoms with van der Waals surface area (Å²) in [5.41, 5.74) is 4.38. The van der Waals surface area contributed by atoms with E-state index in [4.69, 9.17) is 14.2 Å². The number of hydrogen-bond donors (Lipinski definition) is 1. The van der Waals surface area contributed by atoms with E-state index in [0.29, 0.717) is 41.1 Å². The Balaban J connectivity index is 1.72. The molecule has 0 saturated carbocycles. The number of anilines is 2. The van der Waals surface area contributed by atoms with Gasteiger partial charge in [-0.15, -0.1) is 5.10 Å². The predicted octanol–water partition coefficient (Wildman–Crippen LogP) is 4.65. The molecule has 4 rings (SSSR count). The SMILES string of the molecule is COc1cc(C(=O)n2nc(-c3ccc(C)cc3)nc2NCc2ccc(N(C)C)cc2)cc(OC)c1OC. The first kappa shape index (κ1) is 25.6. The van der Waals surface area contributed by atoms with Gasteiger partial charge in [-0.1, -0.05) is 42.0 Å². The van der Waals surface area contributed by atoms with E-state index in [2.05, 4.69) is 15.4 Å². The highest BCUT2D eigenvalue weighted by Gasteiger charge is 2.23. The minimum absolute atomic E-state index is 0.313. The van der Waals surface area contributed by atoms with E-state index in [1.54, 1.807) is 12.1 Å². The van der Waals surface area contributed by atoms with E-state index in [-0.39, 0.29) is 0 Å². The highest BCUT2D eigenvalue weighted by molar-refractivity contribution is 5.98. The number of nitrogens with zero attached hydrogens (tertiary/aromatic N) is 4. The molecule has 0 fully saturated rings. The second-order valence-corrected chi connectivity index (χ2v) is 8.67. The van der Waals surface area contributed by atoms with Gasteiger partial charge in [0.1, 0.15) is 0 Å². The average Bonchev–Trinajstić information content (AvgIpc) is 3.35. The van der Waals surface area contributed by atoms with E-state index in [1.807, 2.05) is 74.4 Å². The Labute approximate surface area is 216 Å². The topological polar surface area (TPSA) is 90.7 Å². The van der Waals surface area contributed by atoms with Crippen LogP contribution in [0.15, 0.2) is 60.7 Å². The van der Waals surface area contributed by atoms with Crippen molar-refractivity contribution < 1.29 is 19.0 Å². The fraction of sp³-hybridized carbons (Fsp3) is 0.250. The molecule has 9 heteroatoms. The van der Waals surface area contributed by atoms with Crippen molar-refractivity contribution in [3.8, 4) is 28.6 Å². The van der Waals surface area contributed by atoms with Crippen LogP contribution in [-0.2, 0) is 6.54 Å². The van der Waals surface area contributed by atoms with Gasteiger partial charge < -0.3 is 24.4 Å². The van der Waals surface area contributed by atoms with Crippen LogP contribution in [0.25, 0.3) is 11.4 Å². The monoisotopic (exact) mass is 501 g/mol. The molecule has 3 aromatic carbocycles. The zero-order valence-corrected chi connectivity index (χ0v) is 21.9. The van der Waals surface area contributed by atoms with Gasteiger partial charge in [0.05, 0.1) is 21.3 Å². The molecule has 0 atom stereocenters. The van der Waals surface area contributed by atoms with Crippen molar-refractivity contribution in [2.45, 2.75) is 13.5 Å². The predicted molar refractivity (Wildman–Crippen MR) is 144 cm³/mol. The molecule has 0 aliphatic rings. The summed E-state index contributed by atoms with van der Waals surface area (Å²) >= 11 is 0. The Hall–Kier alpha value is -4.53. The van der Waals surface area contributed by atoms with E-state index < -0.39 is 5.91 Å². The normalized spacial score (nSPS) is 10.6. The molecule has 0 bridgehead atoms. The third kappa shape index (κ3) is 5.50. The first-order valence-electron chi connectivity index (χ1n) is 11.7. The third-order valence-corrected chi connectivity index (χ3v) is 5.92. The summed E-state index contributed by atoms with van der Waals surface area (Å²) in [6, 6.07) is 19.2. The molecular weight excluding hydrogens is 470 g/mol. The van der Waals surface area contributed by atoms with Crippen molar-refractivity contribution in [1.82, 2.24) is 14.8 Å². The molecule has 9 nitrogen and oxygen atoms in total. The van der Waals surface area contributed by atoms with Crippen LogP contribution in [-0.4, -0.2) is 56.1 Å². The molecule has 1 aromatic heterocycles.